The molecule has 35 heavy (non-hydrogen) atoms. The molecule has 0 bridgehead atoms. The largest absolute Gasteiger partial charge is 0.356 e. The summed E-state index contributed by atoms with van der Waals surface area (Å²) in [5.74, 6) is -0.0755. The van der Waals surface area contributed by atoms with Crippen molar-refractivity contribution in [3.63, 3.8) is 0 Å². The van der Waals surface area contributed by atoms with Gasteiger partial charge in [-0.25, -0.2) is 4.79 Å². The van der Waals surface area contributed by atoms with Crippen LogP contribution in [-0.4, -0.2) is 27.5 Å². The number of carbonyl (C=O) groups is 2. The fourth-order valence-electron chi connectivity index (χ4n) is 4.71. The Hall–Kier alpha value is -3.20. The van der Waals surface area contributed by atoms with E-state index in [2.05, 4.69) is 17.6 Å². The number of amides is 2. The molecule has 1 saturated carbocycles. The third-order valence-electron chi connectivity index (χ3n) is 6.68. The molecule has 1 aliphatic rings. The highest BCUT2D eigenvalue weighted by atomic mass is 32.1. The number of hydrogen-bond acceptors (Lipinski definition) is 5. The van der Waals surface area contributed by atoms with E-state index in [0.717, 1.165) is 38.5 Å². The number of thiophene rings is 1. The molecule has 0 aliphatic heterocycles. The van der Waals surface area contributed by atoms with Crippen LogP contribution < -0.4 is 21.9 Å². The van der Waals surface area contributed by atoms with E-state index >= 15 is 0 Å². The Bertz CT molecular complexity index is 1290. The molecule has 3 aromatic rings. The molecule has 1 fully saturated rings. The number of unbranched alkanes of at least 4 members (excludes halogenated alkanes) is 1. The van der Waals surface area contributed by atoms with Crippen LogP contribution in [0.3, 0.4) is 0 Å². The topological polar surface area (TPSA) is 102 Å². The van der Waals surface area contributed by atoms with E-state index < -0.39 is 5.69 Å². The number of hydrogen-bond donors (Lipinski definition) is 2. The predicted molar refractivity (Wildman–Crippen MR) is 139 cm³/mol. The summed E-state index contributed by atoms with van der Waals surface area (Å²) in [7, 11) is 0. The van der Waals surface area contributed by atoms with Crippen molar-refractivity contribution < 1.29 is 9.59 Å². The highest BCUT2D eigenvalue weighted by molar-refractivity contribution is 7.17. The zero-order valence-corrected chi connectivity index (χ0v) is 20.8. The third-order valence-corrected chi connectivity index (χ3v) is 7.58. The van der Waals surface area contributed by atoms with Crippen LogP contribution in [0.1, 0.15) is 45.4 Å². The molecule has 0 unspecified atom stereocenters. The van der Waals surface area contributed by atoms with E-state index in [1.54, 1.807) is 23.6 Å². The smallest absolute Gasteiger partial charge is 0.332 e. The van der Waals surface area contributed by atoms with E-state index in [1.807, 2.05) is 18.2 Å². The molecule has 4 rings (SSSR count). The fourth-order valence-corrected chi connectivity index (χ4v) is 5.55. The quantitative estimate of drug-likeness (QED) is 0.442. The number of rotatable bonds is 9. The number of fused-ring (bicyclic) bond motifs is 1. The molecule has 2 heterocycles. The first-order chi connectivity index (χ1) is 17.0. The number of benzene rings is 1. The average Bonchev–Trinajstić information content (AvgIpc) is 3.36. The second-order valence-corrected chi connectivity index (χ2v) is 10.1. The number of carbonyl (C=O) groups excluding carboxylic acids is 2. The van der Waals surface area contributed by atoms with Gasteiger partial charge in [0.1, 0.15) is 11.2 Å². The number of anilines is 1. The summed E-state index contributed by atoms with van der Waals surface area (Å²) in [6.45, 7) is 2.93. The van der Waals surface area contributed by atoms with Gasteiger partial charge in [-0.15, -0.1) is 11.3 Å². The third kappa shape index (κ3) is 5.90. The van der Waals surface area contributed by atoms with Crippen LogP contribution in [0.5, 0.6) is 0 Å². The van der Waals surface area contributed by atoms with Crippen LogP contribution >= 0.6 is 11.3 Å². The summed E-state index contributed by atoms with van der Waals surface area (Å²) in [6.07, 6.45) is 5.11. The molecule has 2 amide bonds. The molecule has 2 N–H and O–H groups in total. The van der Waals surface area contributed by atoms with Gasteiger partial charge in [0.2, 0.25) is 11.8 Å². The zero-order chi connectivity index (χ0) is 24.8. The molecule has 1 aliphatic carbocycles. The first-order valence-electron chi connectivity index (χ1n) is 12.3. The molecule has 0 radical (unpaired) electrons. The molecule has 186 valence electrons. The van der Waals surface area contributed by atoms with Crippen molar-refractivity contribution in [1.29, 1.82) is 0 Å². The molecule has 1 aromatic carbocycles. The molecule has 8 nitrogen and oxygen atoms in total. The summed E-state index contributed by atoms with van der Waals surface area (Å²) in [6, 6.07) is 10.8. The summed E-state index contributed by atoms with van der Waals surface area (Å²) >= 11 is 1.28. The van der Waals surface area contributed by atoms with E-state index in [-0.39, 0.29) is 35.8 Å². The molecule has 9 heteroatoms. The van der Waals surface area contributed by atoms with Gasteiger partial charge in [0, 0.05) is 24.7 Å². The van der Waals surface area contributed by atoms with Crippen LogP contribution in [0.2, 0.25) is 0 Å². The zero-order valence-electron chi connectivity index (χ0n) is 20.0. The Morgan fingerprint density at radius 1 is 1.03 bits per heavy atom. The second-order valence-electron chi connectivity index (χ2n) is 9.20. The minimum Gasteiger partial charge on any atom is -0.356 e. The first kappa shape index (κ1) is 24.9. The summed E-state index contributed by atoms with van der Waals surface area (Å²) in [5.41, 5.74) is 0.357. The summed E-state index contributed by atoms with van der Waals surface area (Å²) < 4.78 is 3.14. The minimum absolute atomic E-state index is 0.00190. The fraction of sp³-hybridized carbons (Fsp3) is 0.462. The van der Waals surface area contributed by atoms with Gasteiger partial charge in [-0.1, -0.05) is 31.5 Å². The Balaban J connectivity index is 1.48. The molecular formula is C26H32N4O4S. The maximum absolute atomic E-state index is 13.4. The lowest BCUT2D eigenvalue weighted by molar-refractivity contribution is -0.126. The summed E-state index contributed by atoms with van der Waals surface area (Å²) in [4.78, 5) is 51.6. The van der Waals surface area contributed by atoms with Gasteiger partial charge in [0.15, 0.2) is 0 Å². The van der Waals surface area contributed by atoms with E-state index in [4.69, 9.17) is 0 Å². The second kappa shape index (κ2) is 11.5. The van der Waals surface area contributed by atoms with Crippen molar-refractivity contribution >= 4 is 39.1 Å². The van der Waals surface area contributed by atoms with E-state index in [9.17, 15) is 19.2 Å². The molecule has 0 saturated heterocycles. The Labute approximate surface area is 208 Å². The lowest BCUT2D eigenvalue weighted by atomic mass is 9.81. The van der Waals surface area contributed by atoms with E-state index in [0.29, 0.717) is 29.0 Å². The predicted octanol–water partition coefficient (Wildman–Crippen LogP) is 3.59. The van der Waals surface area contributed by atoms with Crippen LogP contribution in [0.25, 0.3) is 10.2 Å². The minimum atomic E-state index is -0.469. The molecule has 2 aromatic heterocycles. The Morgan fingerprint density at radius 2 is 1.77 bits per heavy atom. The van der Waals surface area contributed by atoms with Gasteiger partial charge in [-0.05, 0) is 61.6 Å². The van der Waals surface area contributed by atoms with Gasteiger partial charge in [0.05, 0.1) is 5.52 Å². The number of aromatic nitrogens is 2. The van der Waals surface area contributed by atoms with Crippen LogP contribution in [0, 0.1) is 11.8 Å². The molecule has 0 atom stereocenters. The van der Waals surface area contributed by atoms with E-state index in [1.165, 1.54) is 20.5 Å². The average molecular weight is 497 g/mol. The van der Waals surface area contributed by atoms with Crippen molar-refractivity contribution in [3.05, 3.63) is 62.6 Å². The SMILES string of the molecule is CCCCNC(=O)C1CCC(Cn2c(=O)c3sccc3n(CC(=O)Nc3ccccc3)c2=O)CC1. The van der Waals surface area contributed by atoms with Crippen molar-refractivity contribution in [2.24, 2.45) is 11.8 Å². The standard InChI is InChI=1S/C26H32N4O4S/c1-2-3-14-27-24(32)19-11-9-18(10-12-19)16-30-25(33)23-21(13-15-35-23)29(26(30)34)17-22(31)28-20-7-5-4-6-8-20/h4-8,13,15,18-19H,2-3,9-12,14,16-17H2,1H3,(H,27,32)(H,28,31). The van der Waals surface area contributed by atoms with Crippen LogP contribution in [-0.2, 0) is 22.7 Å². The van der Waals surface area contributed by atoms with Gasteiger partial charge in [-0.3, -0.25) is 23.5 Å². The van der Waals surface area contributed by atoms with Crippen LogP contribution in [0.4, 0.5) is 5.69 Å². The molecular weight excluding hydrogens is 464 g/mol. The molecule has 0 spiro atoms. The van der Waals surface area contributed by atoms with Crippen molar-refractivity contribution in [2.45, 2.75) is 58.5 Å². The van der Waals surface area contributed by atoms with Crippen molar-refractivity contribution in [1.82, 2.24) is 14.5 Å². The number of para-hydroxylation sites is 1. The number of nitrogens with zero attached hydrogens (tertiary/aromatic N) is 2. The lowest BCUT2D eigenvalue weighted by Gasteiger charge is -2.28. The highest BCUT2D eigenvalue weighted by Gasteiger charge is 2.27. The van der Waals surface area contributed by atoms with Gasteiger partial charge >= 0.3 is 5.69 Å². The van der Waals surface area contributed by atoms with Gasteiger partial charge in [0.25, 0.3) is 5.56 Å². The number of nitrogens with one attached hydrogen (secondary N) is 2. The monoisotopic (exact) mass is 496 g/mol. The van der Waals surface area contributed by atoms with Gasteiger partial charge in [-0.2, -0.15) is 0 Å². The van der Waals surface area contributed by atoms with Crippen molar-refractivity contribution in [2.75, 3.05) is 11.9 Å². The Kier molecular flexibility index (Phi) is 8.17. The van der Waals surface area contributed by atoms with Crippen molar-refractivity contribution in [3.8, 4) is 0 Å². The first-order valence-corrected chi connectivity index (χ1v) is 13.2. The van der Waals surface area contributed by atoms with Crippen LogP contribution in [0.15, 0.2) is 51.4 Å². The summed E-state index contributed by atoms with van der Waals surface area (Å²) in [5, 5.41) is 7.58. The highest BCUT2D eigenvalue weighted by Crippen LogP contribution is 2.30. The Morgan fingerprint density at radius 3 is 2.49 bits per heavy atom. The normalized spacial score (nSPS) is 17.9. The maximum atomic E-state index is 13.4. The lowest BCUT2D eigenvalue weighted by Crippen LogP contribution is -2.43. The van der Waals surface area contributed by atoms with Gasteiger partial charge < -0.3 is 10.6 Å². The maximum Gasteiger partial charge on any atom is 0.332 e.